The van der Waals surface area contributed by atoms with Crippen molar-refractivity contribution < 1.29 is 31.4 Å². The minimum atomic E-state index is -4.45. The number of hydrogen-bond acceptors (Lipinski definition) is 10. The molecule has 312 valence electrons. The fourth-order valence-electron chi connectivity index (χ4n) is 8.64. The van der Waals surface area contributed by atoms with E-state index in [1.54, 1.807) is 13.0 Å². The molecule has 15 heteroatoms. The van der Waals surface area contributed by atoms with E-state index in [9.17, 15) is 17.6 Å². The molecular weight excluding hydrogens is 756 g/mol. The zero-order valence-electron chi connectivity index (χ0n) is 34.1. The lowest BCUT2D eigenvalue weighted by molar-refractivity contribution is -0.141. The smallest absolute Gasteiger partial charge is 0.433 e. The molecule has 0 saturated carbocycles. The van der Waals surface area contributed by atoms with Crippen molar-refractivity contribution in [1.29, 1.82) is 0 Å². The average Bonchev–Trinajstić information content (AvgIpc) is 3.84. The molecule has 3 saturated heterocycles. The molecule has 1 atom stereocenters. The molecule has 1 N–H and O–H groups in total. The van der Waals surface area contributed by atoms with Gasteiger partial charge in [-0.25, -0.2) is 23.7 Å². The van der Waals surface area contributed by atoms with Crippen molar-refractivity contribution in [1.82, 2.24) is 35.1 Å². The van der Waals surface area contributed by atoms with E-state index in [1.807, 2.05) is 45.9 Å². The molecule has 10 nitrogen and oxygen atoms in total. The van der Waals surface area contributed by atoms with Gasteiger partial charge in [-0.15, -0.1) is 0 Å². The van der Waals surface area contributed by atoms with Gasteiger partial charge in [-0.05, 0) is 87.4 Å². The average molecular weight is 809 g/mol. The second-order valence-corrected chi connectivity index (χ2v) is 14.4. The number of benzene rings is 2. The van der Waals surface area contributed by atoms with Crippen molar-refractivity contribution in [2.45, 2.75) is 97.3 Å². The van der Waals surface area contributed by atoms with E-state index in [1.165, 1.54) is 26.0 Å². The monoisotopic (exact) mass is 808 g/mol. The molecule has 7 heterocycles. The standard InChI is InChI=1S/C33H36F2N6O.C6H5F3N2O.2C2H6/c1-20-24(34)11-10-21-6-2-8-23(26(20)21)29-28(35)30-27-25(37-29)9-3-7-22-18-36-14-17-41(22)31(27)39-32(38-30)42-19-33-12-4-15-40(33)16-5-13-33;1-12-5-2-4(6(7,8)9)10-3-11-5;2*1-2/h2,6,8,10-11,22,36H,3-5,7,9,12-19H2,1H3;2-3H,1H3;2*1-2H3. The van der Waals surface area contributed by atoms with Crippen LogP contribution in [0.1, 0.15) is 83.2 Å². The van der Waals surface area contributed by atoms with Crippen LogP contribution in [0.15, 0.2) is 42.7 Å². The number of ether oxygens (including phenoxy) is 2. The first kappa shape index (κ1) is 42.8. The maximum Gasteiger partial charge on any atom is 0.433 e. The Bertz CT molecular complexity index is 2190. The van der Waals surface area contributed by atoms with Gasteiger partial charge in [0.15, 0.2) is 11.5 Å². The highest BCUT2D eigenvalue weighted by molar-refractivity contribution is 6.01. The predicted molar refractivity (Wildman–Crippen MR) is 216 cm³/mol. The number of hydrogen-bond donors (Lipinski definition) is 1. The van der Waals surface area contributed by atoms with Crippen molar-refractivity contribution >= 4 is 27.5 Å². The summed E-state index contributed by atoms with van der Waals surface area (Å²) in [6.45, 7) is 14.9. The highest BCUT2D eigenvalue weighted by atomic mass is 19.4. The molecule has 4 aliphatic heterocycles. The van der Waals surface area contributed by atoms with Gasteiger partial charge < -0.3 is 19.7 Å². The van der Waals surface area contributed by atoms with Crippen molar-refractivity contribution in [3.8, 4) is 23.1 Å². The van der Waals surface area contributed by atoms with Gasteiger partial charge >= 0.3 is 12.2 Å². The van der Waals surface area contributed by atoms with Gasteiger partial charge in [0.1, 0.15) is 35.8 Å². The Labute approximate surface area is 336 Å². The van der Waals surface area contributed by atoms with Crippen LogP contribution in [0.25, 0.3) is 32.9 Å². The molecule has 2 aromatic carbocycles. The predicted octanol–water partition coefficient (Wildman–Crippen LogP) is 9.11. The zero-order chi connectivity index (χ0) is 41.6. The lowest BCUT2D eigenvalue weighted by atomic mass is 9.95. The first-order valence-electron chi connectivity index (χ1n) is 20.4. The Morgan fingerprint density at radius 2 is 1.67 bits per heavy atom. The number of aromatic nitrogens is 5. The Kier molecular flexibility index (Phi) is 13.6. The van der Waals surface area contributed by atoms with Crippen LogP contribution in [0.4, 0.5) is 27.8 Å². The number of pyridine rings is 1. The summed E-state index contributed by atoms with van der Waals surface area (Å²) < 4.78 is 78.4. The van der Waals surface area contributed by atoms with Crippen molar-refractivity contribution in [3.05, 3.63) is 71.3 Å². The second-order valence-electron chi connectivity index (χ2n) is 14.4. The Morgan fingerprint density at radius 3 is 2.40 bits per heavy atom. The molecule has 1 unspecified atom stereocenters. The number of aryl methyl sites for hydroxylation is 2. The Hall–Kier alpha value is -4.76. The number of halogens is 5. The van der Waals surface area contributed by atoms with E-state index in [4.69, 9.17) is 19.7 Å². The molecule has 3 fully saturated rings. The van der Waals surface area contributed by atoms with E-state index in [0.29, 0.717) is 34.9 Å². The molecular formula is C43H53F5N8O2. The summed E-state index contributed by atoms with van der Waals surface area (Å²) in [4.78, 5) is 26.1. The minimum Gasteiger partial charge on any atom is -0.481 e. The fraction of sp³-hybridized carbons (Fsp3) is 0.512. The molecule has 9 rings (SSSR count). The number of fused-ring (bicyclic) bond motifs is 4. The van der Waals surface area contributed by atoms with Gasteiger partial charge in [0.05, 0.1) is 23.7 Å². The lowest BCUT2D eigenvalue weighted by Crippen LogP contribution is -2.52. The number of methoxy groups -OCH3 is 1. The highest BCUT2D eigenvalue weighted by Gasteiger charge is 2.45. The molecule has 58 heavy (non-hydrogen) atoms. The summed E-state index contributed by atoms with van der Waals surface area (Å²) in [5.41, 5.74) is 1.33. The molecule has 0 spiro atoms. The van der Waals surface area contributed by atoms with Crippen molar-refractivity contribution in [2.24, 2.45) is 0 Å². The zero-order valence-corrected chi connectivity index (χ0v) is 34.1. The third-order valence-electron chi connectivity index (χ3n) is 11.3. The largest absolute Gasteiger partial charge is 0.481 e. The molecule has 0 bridgehead atoms. The van der Waals surface area contributed by atoms with Crippen LogP contribution in [0.3, 0.4) is 0 Å². The number of nitrogens with zero attached hydrogens (tertiary/aromatic N) is 7. The lowest BCUT2D eigenvalue weighted by Gasteiger charge is -2.39. The van der Waals surface area contributed by atoms with E-state index < -0.39 is 17.7 Å². The summed E-state index contributed by atoms with van der Waals surface area (Å²) in [6, 6.07) is 10.1. The summed E-state index contributed by atoms with van der Waals surface area (Å²) in [6.07, 6.45) is 3.53. The van der Waals surface area contributed by atoms with Crippen LogP contribution < -0.4 is 19.7 Å². The molecule has 0 aliphatic carbocycles. The normalized spacial score (nSPS) is 18.3. The number of alkyl halides is 3. The van der Waals surface area contributed by atoms with Crippen molar-refractivity contribution in [3.63, 3.8) is 0 Å². The quantitative estimate of drug-likeness (QED) is 0.173. The molecule has 3 aromatic heterocycles. The summed E-state index contributed by atoms with van der Waals surface area (Å²) in [5.74, 6) is -0.200. The van der Waals surface area contributed by atoms with Gasteiger partial charge in [-0.2, -0.15) is 23.1 Å². The maximum absolute atomic E-state index is 16.9. The van der Waals surface area contributed by atoms with Crippen LogP contribution >= 0.6 is 0 Å². The van der Waals surface area contributed by atoms with E-state index in [0.717, 1.165) is 87.7 Å². The fourth-order valence-corrected chi connectivity index (χ4v) is 8.64. The molecule has 4 aliphatic rings. The van der Waals surface area contributed by atoms with E-state index in [2.05, 4.69) is 29.8 Å². The summed E-state index contributed by atoms with van der Waals surface area (Å²) >= 11 is 0. The SMILES string of the molecule is CC.CC.COc1cc(C(F)(F)F)ncn1.Cc1c(F)ccc2cccc(-c3nc4c5c(nc(OCC67CCCN6CCC7)nc5c3F)N3CCNCC3CCC4)c12. The van der Waals surface area contributed by atoms with Crippen LogP contribution in [0.5, 0.6) is 11.9 Å². The number of anilines is 1. The van der Waals surface area contributed by atoms with Gasteiger partial charge in [-0.1, -0.05) is 52.0 Å². The van der Waals surface area contributed by atoms with Gasteiger partial charge in [0.25, 0.3) is 0 Å². The first-order chi connectivity index (χ1) is 28.1. The molecule has 0 amide bonds. The number of rotatable bonds is 5. The highest BCUT2D eigenvalue weighted by Crippen LogP contribution is 2.42. The first-order valence-corrected chi connectivity index (χ1v) is 20.4. The number of piperazine rings is 1. The Balaban J connectivity index is 0.000000302. The van der Waals surface area contributed by atoms with Gasteiger partial charge in [0.2, 0.25) is 5.88 Å². The summed E-state index contributed by atoms with van der Waals surface area (Å²) in [5, 5.41) is 5.72. The number of nitrogens with one attached hydrogen (secondary N) is 1. The van der Waals surface area contributed by atoms with Crippen molar-refractivity contribution in [2.75, 3.05) is 51.3 Å². The van der Waals surface area contributed by atoms with Crippen LogP contribution in [-0.4, -0.2) is 87.8 Å². The third-order valence-corrected chi connectivity index (χ3v) is 11.3. The molecule has 0 radical (unpaired) electrons. The third kappa shape index (κ3) is 8.52. The minimum absolute atomic E-state index is 0.0269. The van der Waals surface area contributed by atoms with E-state index >= 15 is 4.39 Å². The summed E-state index contributed by atoms with van der Waals surface area (Å²) in [7, 11) is 1.24. The second kappa shape index (κ2) is 18.4. The van der Waals surface area contributed by atoms with Crippen LogP contribution in [0.2, 0.25) is 0 Å². The molecule has 5 aromatic rings. The topological polar surface area (TPSA) is 101 Å². The van der Waals surface area contributed by atoms with Gasteiger partial charge in [0, 0.05) is 37.3 Å². The Morgan fingerprint density at radius 1 is 0.914 bits per heavy atom. The van der Waals surface area contributed by atoms with Crippen LogP contribution in [-0.2, 0) is 12.6 Å². The van der Waals surface area contributed by atoms with Crippen LogP contribution in [0, 0.1) is 18.6 Å². The van der Waals surface area contributed by atoms with Gasteiger partial charge in [-0.3, -0.25) is 4.90 Å². The maximum atomic E-state index is 16.9. The van der Waals surface area contributed by atoms with E-state index in [-0.39, 0.29) is 40.5 Å².